The summed E-state index contributed by atoms with van der Waals surface area (Å²) in [5, 5.41) is 10.4. The van der Waals surface area contributed by atoms with Crippen molar-refractivity contribution in [3.05, 3.63) is 131 Å². The Balaban J connectivity index is 1.22. The van der Waals surface area contributed by atoms with Crippen LogP contribution in [0.25, 0.3) is 28.1 Å². The summed E-state index contributed by atoms with van der Waals surface area (Å²) >= 11 is 12.7. The molecule has 0 unspecified atom stereocenters. The van der Waals surface area contributed by atoms with Gasteiger partial charge in [0.2, 0.25) is 5.88 Å². The first-order valence-corrected chi connectivity index (χ1v) is 19.5. The largest absolute Gasteiger partial charge is 0.493 e. The SMILES string of the molecule is O=S(=O)(c1cccc(-c2ccc(Cc3nc(-c4ccc(Cl)cc4Cl)cn3-c3cccc(N4C=C(O)NS4(=O)=O)c3)cc2)c1)C1CCCCC1. The lowest BCUT2D eigenvalue weighted by Crippen LogP contribution is -2.29. The highest BCUT2D eigenvalue weighted by Gasteiger charge is 2.30. The summed E-state index contributed by atoms with van der Waals surface area (Å²) in [6.45, 7) is 0. The Bertz CT molecular complexity index is 2300. The van der Waals surface area contributed by atoms with Gasteiger partial charge in [0.15, 0.2) is 9.84 Å². The number of hydrogen-bond donors (Lipinski definition) is 2. The fourth-order valence-electron chi connectivity index (χ4n) is 6.39. The zero-order chi connectivity index (χ0) is 34.3. The molecule has 0 spiro atoms. The molecule has 1 aliphatic carbocycles. The van der Waals surface area contributed by atoms with Crippen LogP contribution < -0.4 is 9.03 Å². The minimum atomic E-state index is -3.99. The van der Waals surface area contributed by atoms with Crippen LogP contribution in [0.5, 0.6) is 0 Å². The Morgan fingerprint density at radius 1 is 0.857 bits per heavy atom. The first-order valence-electron chi connectivity index (χ1n) is 15.8. The van der Waals surface area contributed by atoms with Crippen molar-refractivity contribution >= 4 is 48.9 Å². The van der Waals surface area contributed by atoms with Gasteiger partial charge in [0, 0.05) is 28.9 Å². The first-order chi connectivity index (χ1) is 23.5. The predicted molar refractivity (Wildman–Crippen MR) is 193 cm³/mol. The number of sulfone groups is 1. The van der Waals surface area contributed by atoms with Gasteiger partial charge in [-0.15, -0.1) is 0 Å². The second-order valence-corrected chi connectivity index (χ2v) is 16.8. The van der Waals surface area contributed by atoms with Crippen molar-refractivity contribution in [1.29, 1.82) is 0 Å². The molecule has 252 valence electrons. The second kappa shape index (κ2) is 13.2. The van der Waals surface area contributed by atoms with Gasteiger partial charge in [-0.25, -0.2) is 22.4 Å². The number of nitrogens with zero attached hydrogens (tertiary/aromatic N) is 3. The van der Waals surface area contributed by atoms with E-state index in [1.807, 2.05) is 47.2 Å². The molecule has 4 aromatic carbocycles. The fraction of sp³-hybridized carbons (Fsp3) is 0.194. The van der Waals surface area contributed by atoms with E-state index in [1.54, 1.807) is 54.6 Å². The number of aliphatic hydroxyl groups excluding tert-OH is 1. The summed E-state index contributed by atoms with van der Waals surface area (Å²) in [6, 6.07) is 27.1. The van der Waals surface area contributed by atoms with Crippen LogP contribution in [-0.4, -0.2) is 36.7 Å². The van der Waals surface area contributed by atoms with Crippen LogP contribution in [0.15, 0.2) is 114 Å². The molecule has 1 aliphatic heterocycles. The van der Waals surface area contributed by atoms with Gasteiger partial charge in [-0.1, -0.05) is 84.9 Å². The summed E-state index contributed by atoms with van der Waals surface area (Å²) in [6.07, 6.45) is 7.75. The van der Waals surface area contributed by atoms with Crippen LogP contribution in [0.1, 0.15) is 43.5 Å². The monoisotopic (exact) mass is 734 g/mol. The standard InChI is InChI=1S/C36H32Cl2N4O5S2/c37-27-16-17-32(33(38)20-27)34-22-41(28-7-5-8-29(21-28)42-23-36(43)40-49(42,46)47)35(39-34)18-24-12-14-25(15-13-24)26-6-4-11-31(19-26)48(44,45)30-9-2-1-3-10-30/h4-8,11-17,19-23,30,40,43H,1-3,9-10,18H2. The van der Waals surface area contributed by atoms with Crippen molar-refractivity contribution in [2.75, 3.05) is 4.31 Å². The molecule has 0 atom stereocenters. The van der Waals surface area contributed by atoms with E-state index in [9.17, 15) is 21.9 Å². The highest BCUT2D eigenvalue weighted by Crippen LogP contribution is 2.34. The number of nitrogens with one attached hydrogen (secondary N) is 1. The lowest BCUT2D eigenvalue weighted by molar-refractivity contribution is 0.392. The Morgan fingerprint density at radius 2 is 1.59 bits per heavy atom. The summed E-state index contributed by atoms with van der Waals surface area (Å²) < 4.78 is 56.8. The van der Waals surface area contributed by atoms with Crippen molar-refractivity contribution in [2.24, 2.45) is 0 Å². The number of aliphatic hydroxyl groups is 1. The lowest BCUT2D eigenvalue weighted by Gasteiger charge is -2.22. The maximum atomic E-state index is 13.4. The van der Waals surface area contributed by atoms with Gasteiger partial charge in [-0.05, 0) is 78.1 Å². The van der Waals surface area contributed by atoms with E-state index in [4.69, 9.17) is 28.2 Å². The first kappa shape index (κ1) is 33.2. The topological polar surface area (TPSA) is 122 Å². The number of anilines is 1. The van der Waals surface area contributed by atoms with Gasteiger partial charge in [0.25, 0.3) is 0 Å². The molecule has 0 saturated heterocycles. The summed E-state index contributed by atoms with van der Waals surface area (Å²) in [4.78, 5) is 5.31. The Hall–Kier alpha value is -4.29. The average molecular weight is 736 g/mol. The normalized spacial score (nSPS) is 16.4. The molecule has 0 radical (unpaired) electrons. The van der Waals surface area contributed by atoms with Crippen LogP contribution in [0.2, 0.25) is 10.0 Å². The van der Waals surface area contributed by atoms with E-state index < -0.39 is 25.9 Å². The van der Waals surface area contributed by atoms with Crippen LogP contribution in [0.4, 0.5) is 5.69 Å². The smallest absolute Gasteiger partial charge is 0.330 e. The summed E-state index contributed by atoms with van der Waals surface area (Å²) in [5.74, 6) is 0.182. The van der Waals surface area contributed by atoms with Crippen molar-refractivity contribution in [3.63, 3.8) is 0 Å². The fourth-order valence-corrected chi connectivity index (χ4v) is 9.84. The van der Waals surface area contributed by atoms with E-state index >= 15 is 0 Å². The molecular formula is C36H32Cl2N4O5S2. The minimum Gasteiger partial charge on any atom is -0.493 e. The van der Waals surface area contributed by atoms with E-state index in [2.05, 4.69) is 4.72 Å². The van der Waals surface area contributed by atoms with Gasteiger partial charge >= 0.3 is 10.2 Å². The summed E-state index contributed by atoms with van der Waals surface area (Å²) in [5.41, 5.74) is 4.91. The summed E-state index contributed by atoms with van der Waals surface area (Å²) in [7, 11) is -7.39. The van der Waals surface area contributed by atoms with E-state index in [1.165, 1.54) is 0 Å². The molecule has 2 aliphatic rings. The van der Waals surface area contributed by atoms with Crippen molar-refractivity contribution in [1.82, 2.24) is 14.3 Å². The number of aromatic nitrogens is 2. The van der Waals surface area contributed by atoms with Crippen molar-refractivity contribution in [3.8, 4) is 28.1 Å². The number of halogens is 2. The second-order valence-electron chi connectivity index (χ2n) is 12.2. The number of rotatable bonds is 8. The molecule has 2 heterocycles. The highest BCUT2D eigenvalue weighted by atomic mass is 35.5. The Morgan fingerprint density at radius 3 is 2.31 bits per heavy atom. The van der Waals surface area contributed by atoms with Gasteiger partial charge in [0.1, 0.15) is 5.82 Å². The quantitative estimate of drug-likeness (QED) is 0.166. The molecule has 13 heteroatoms. The average Bonchev–Trinajstić information content (AvgIpc) is 3.63. The lowest BCUT2D eigenvalue weighted by atomic mass is 10.0. The molecule has 0 amide bonds. The Labute approximate surface area is 295 Å². The van der Waals surface area contributed by atoms with E-state index in [-0.39, 0.29) is 5.25 Å². The maximum absolute atomic E-state index is 13.4. The molecule has 5 aromatic rings. The molecule has 1 saturated carbocycles. The van der Waals surface area contributed by atoms with Crippen LogP contribution in [0, 0.1) is 0 Å². The van der Waals surface area contributed by atoms with Gasteiger partial charge in [0.05, 0.1) is 32.7 Å². The van der Waals surface area contributed by atoms with Gasteiger partial charge in [-0.3, -0.25) is 0 Å². The molecule has 2 N–H and O–H groups in total. The molecule has 0 bridgehead atoms. The zero-order valence-corrected chi connectivity index (χ0v) is 29.3. The van der Waals surface area contributed by atoms with Gasteiger partial charge < -0.3 is 9.67 Å². The van der Waals surface area contributed by atoms with E-state index in [0.29, 0.717) is 62.7 Å². The molecular weight excluding hydrogens is 703 g/mol. The molecule has 9 nitrogen and oxygen atoms in total. The Kier molecular flexibility index (Phi) is 8.95. The molecule has 7 rings (SSSR count). The zero-order valence-electron chi connectivity index (χ0n) is 26.1. The highest BCUT2D eigenvalue weighted by molar-refractivity contribution is 7.92. The maximum Gasteiger partial charge on any atom is 0.330 e. The third-order valence-corrected chi connectivity index (χ3v) is 13.0. The minimum absolute atomic E-state index is 0.317. The van der Waals surface area contributed by atoms with Crippen LogP contribution in [-0.2, 0) is 26.5 Å². The van der Waals surface area contributed by atoms with Crippen molar-refractivity contribution < 1.29 is 21.9 Å². The third-order valence-electron chi connectivity index (χ3n) is 8.88. The van der Waals surface area contributed by atoms with Gasteiger partial charge in [-0.2, -0.15) is 8.42 Å². The van der Waals surface area contributed by atoms with E-state index in [0.717, 1.165) is 46.5 Å². The predicted octanol–water partition coefficient (Wildman–Crippen LogP) is 8.22. The van der Waals surface area contributed by atoms with Crippen molar-refractivity contribution in [2.45, 2.75) is 48.7 Å². The number of hydrogen-bond acceptors (Lipinski definition) is 6. The van der Waals surface area contributed by atoms with Crippen LogP contribution >= 0.6 is 23.2 Å². The number of benzene rings is 4. The molecule has 1 fully saturated rings. The molecule has 49 heavy (non-hydrogen) atoms. The molecule has 1 aromatic heterocycles. The number of imidazole rings is 1. The van der Waals surface area contributed by atoms with Crippen LogP contribution in [0.3, 0.4) is 0 Å². The third kappa shape index (κ3) is 6.81.